The fourth-order valence-electron chi connectivity index (χ4n) is 1.87. The number of nitrogens with zero attached hydrogens (tertiary/aromatic N) is 1. The number of anilines is 1. The Morgan fingerprint density at radius 2 is 1.88 bits per heavy atom. The lowest BCUT2D eigenvalue weighted by Gasteiger charge is -2.26. The first-order chi connectivity index (χ1) is 8.08. The van der Waals surface area contributed by atoms with Crippen LogP contribution in [0.5, 0.6) is 0 Å². The summed E-state index contributed by atoms with van der Waals surface area (Å²) in [4.78, 5) is 2.25. The van der Waals surface area contributed by atoms with Gasteiger partial charge >= 0.3 is 0 Å². The monoisotopic (exact) mass is 242 g/mol. The van der Waals surface area contributed by atoms with Gasteiger partial charge in [0.2, 0.25) is 0 Å². The zero-order valence-corrected chi connectivity index (χ0v) is 10.6. The number of rotatable bonds is 6. The normalized spacial score (nSPS) is 12.8. The molecular formula is C13H20F2N2. The van der Waals surface area contributed by atoms with Gasteiger partial charge in [-0.1, -0.05) is 13.8 Å². The highest BCUT2D eigenvalue weighted by atomic mass is 19.1. The van der Waals surface area contributed by atoms with E-state index in [2.05, 4.69) is 31.0 Å². The van der Waals surface area contributed by atoms with E-state index in [1.54, 1.807) is 0 Å². The lowest BCUT2D eigenvalue weighted by atomic mass is 10.2. The third kappa shape index (κ3) is 3.97. The minimum absolute atomic E-state index is 0.226. The number of nitrogens with one attached hydrogen (secondary N) is 1. The summed E-state index contributed by atoms with van der Waals surface area (Å²) >= 11 is 0. The Kier molecular flexibility index (Phi) is 5.35. The Hall–Kier alpha value is -1.16. The number of hydrogen-bond donors (Lipinski definition) is 1. The van der Waals surface area contributed by atoms with Gasteiger partial charge in [0.25, 0.3) is 0 Å². The van der Waals surface area contributed by atoms with Crippen molar-refractivity contribution in [3.63, 3.8) is 0 Å². The summed E-state index contributed by atoms with van der Waals surface area (Å²) in [6.07, 6.45) is 0. The maximum Gasteiger partial charge on any atom is 0.146 e. The molecule has 1 atom stereocenters. The van der Waals surface area contributed by atoms with Gasteiger partial charge in [0.05, 0.1) is 5.69 Å². The molecule has 0 aliphatic rings. The molecule has 0 fully saturated rings. The van der Waals surface area contributed by atoms with Gasteiger partial charge in [-0.15, -0.1) is 0 Å². The Morgan fingerprint density at radius 3 is 2.47 bits per heavy atom. The van der Waals surface area contributed by atoms with Gasteiger partial charge in [-0.2, -0.15) is 0 Å². The van der Waals surface area contributed by atoms with Crippen LogP contribution in [0.15, 0.2) is 18.2 Å². The fraction of sp³-hybridized carbons (Fsp3) is 0.538. The highest BCUT2D eigenvalue weighted by molar-refractivity contribution is 5.44. The maximum absolute atomic E-state index is 13.3. The van der Waals surface area contributed by atoms with Crippen molar-refractivity contribution in [2.24, 2.45) is 0 Å². The van der Waals surface area contributed by atoms with Gasteiger partial charge in [-0.05, 0) is 38.2 Å². The summed E-state index contributed by atoms with van der Waals surface area (Å²) in [6, 6.07) is 3.73. The highest BCUT2D eigenvalue weighted by Crippen LogP contribution is 2.15. The summed E-state index contributed by atoms with van der Waals surface area (Å²) < 4.78 is 26.3. The molecule has 0 radical (unpaired) electrons. The Balaban J connectivity index is 2.57. The molecule has 17 heavy (non-hydrogen) atoms. The first-order valence-corrected chi connectivity index (χ1v) is 6.01. The van der Waals surface area contributed by atoms with Gasteiger partial charge in [0, 0.05) is 12.6 Å². The largest absolute Gasteiger partial charge is 0.381 e. The van der Waals surface area contributed by atoms with Gasteiger partial charge in [-0.3, -0.25) is 4.90 Å². The molecule has 0 saturated heterocycles. The Morgan fingerprint density at radius 1 is 1.24 bits per heavy atom. The topological polar surface area (TPSA) is 15.3 Å². The quantitative estimate of drug-likeness (QED) is 0.824. The average Bonchev–Trinajstić information content (AvgIpc) is 2.32. The molecule has 0 spiro atoms. The van der Waals surface area contributed by atoms with Crippen molar-refractivity contribution in [1.29, 1.82) is 0 Å². The molecule has 2 nitrogen and oxygen atoms in total. The second kappa shape index (κ2) is 6.55. The van der Waals surface area contributed by atoms with E-state index >= 15 is 0 Å². The van der Waals surface area contributed by atoms with Gasteiger partial charge in [-0.25, -0.2) is 8.78 Å². The summed E-state index contributed by atoms with van der Waals surface area (Å²) in [6.45, 7) is 8.74. The zero-order chi connectivity index (χ0) is 12.8. The van der Waals surface area contributed by atoms with E-state index < -0.39 is 11.6 Å². The van der Waals surface area contributed by atoms with Crippen LogP contribution in [0.3, 0.4) is 0 Å². The van der Waals surface area contributed by atoms with Crippen molar-refractivity contribution in [3.05, 3.63) is 29.8 Å². The van der Waals surface area contributed by atoms with Crippen molar-refractivity contribution < 1.29 is 8.78 Å². The van der Waals surface area contributed by atoms with Crippen LogP contribution in [0.2, 0.25) is 0 Å². The molecule has 1 aromatic carbocycles. The van der Waals surface area contributed by atoms with Crippen LogP contribution >= 0.6 is 0 Å². The molecule has 1 aromatic rings. The molecule has 0 heterocycles. The lowest BCUT2D eigenvalue weighted by molar-refractivity contribution is 0.240. The molecule has 0 aliphatic carbocycles. The number of likely N-dealkylation sites (N-methyl/N-ethyl adjacent to an activating group) is 1. The van der Waals surface area contributed by atoms with Crippen molar-refractivity contribution in [2.75, 3.05) is 25.0 Å². The minimum Gasteiger partial charge on any atom is -0.381 e. The average molecular weight is 242 g/mol. The van der Waals surface area contributed by atoms with Crippen LogP contribution in [-0.4, -0.2) is 30.6 Å². The standard InChI is InChI=1S/C13H20F2N2/c1-4-17(5-2)10(3)9-16-13-8-11(14)6-7-12(13)15/h6-8,10,16H,4-5,9H2,1-3H3. The molecule has 0 bridgehead atoms. The molecule has 0 aromatic heterocycles. The summed E-state index contributed by atoms with van der Waals surface area (Å²) in [5.74, 6) is -0.845. The molecule has 0 saturated carbocycles. The molecule has 96 valence electrons. The number of halogens is 2. The zero-order valence-electron chi connectivity index (χ0n) is 10.6. The van der Waals surface area contributed by atoms with Crippen LogP contribution in [-0.2, 0) is 0 Å². The SMILES string of the molecule is CCN(CC)C(C)CNc1cc(F)ccc1F. The van der Waals surface area contributed by atoms with Crippen LogP contribution < -0.4 is 5.32 Å². The van der Waals surface area contributed by atoms with Crippen LogP contribution in [0.25, 0.3) is 0 Å². The van der Waals surface area contributed by atoms with Crippen LogP contribution in [0, 0.1) is 11.6 Å². The van der Waals surface area contributed by atoms with Crippen molar-refractivity contribution >= 4 is 5.69 Å². The molecule has 1 unspecified atom stereocenters. The molecular weight excluding hydrogens is 222 g/mol. The van der Waals surface area contributed by atoms with E-state index in [1.807, 2.05) is 0 Å². The van der Waals surface area contributed by atoms with Crippen LogP contribution in [0.1, 0.15) is 20.8 Å². The van der Waals surface area contributed by atoms with Gasteiger partial charge in [0.1, 0.15) is 11.6 Å². The summed E-state index contributed by atoms with van der Waals surface area (Å²) in [7, 11) is 0. The molecule has 0 aliphatic heterocycles. The number of hydrogen-bond acceptors (Lipinski definition) is 2. The lowest BCUT2D eigenvalue weighted by Crippen LogP contribution is -2.37. The smallest absolute Gasteiger partial charge is 0.146 e. The molecule has 4 heteroatoms. The van der Waals surface area contributed by atoms with E-state index in [-0.39, 0.29) is 11.7 Å². The first kappa shape index (κ1) is 13.9. The van der Waals surface area contributed by atoms with E-state index in [0.29, 0.717) is 6.54 Å². The van der Waals surface area contributed by atoms with Crippen molar-refractivity contribution in [2.45, 2.75) is 26.8 Å². The van der Waals surface area contributed by atoms with E-state index in [1.165, 1.54) is 6.07 Å². The second-order valence-electron chi connectivity index (χ2n) is 4.08. The fourth-order valence-corrected chi connectivity index (χ4v) is 1.87. The molecule has 0 amide bonds. The van der Waals surface area contributed by atoms with Crippen molar-refractivity contribution in [3.8, 4) is 0 Å². The summed E-state index contributed by atoms with van der Waals surface area (Å²) in [5, 5.41) is 2.95. The molecule has 1 N–H and O–H groups in total. The van der Waals surface area contributed by atoms with Gasteiger partial charge < -0.3 is 5.32 Å². The molecule has 1 rings (SSSR count). The van der Waals surface area contributed by atoms with E-state index in [4.69, 9.17) is 0 Å². The Labute approximate surface area is 102 Å². The van der Waals surface area contributed by atoms with Crippen LogP contribution in [0.4, 0.5) is 14.5 Å². The van der Waals surface area contributed by atoms with Gasteiger partial charge in [0.15, 0.2) is 0 Å². The van der Waals surface area contributed by atoms with Crippen molar-refractivity contribution in [1.82, 2.24) is 4.90 Å². The predicted octanol–water partition coefficient (Wildman–Crippen LogP) is 3.11. The highest BCUT2D eigenvalue weighted by Gasteiger charge is 2.10. The first-order valence-electron chi connectivity index (χ1n) is 6.01. The van der Waals surface area contributed by atoms with E-state index in [0.717, 1.165) is 25.2 Å². The summed E-state index contributed by atoms with van der Waals surface area (Å²) in [5.41, 5.74) is 0.226. The maximum atomic E-state index is 13.3. The second-order valence-corrected chi connectivity index (χ2v) is 4.08. The van der Waals surface area contributed by atoms with E-state index in [9.17, 15) is 8.78 Å². The number of benzene rings is 1. The predicted molar refractivity (Wildman–Crippen MR) is 67.2 cm³/mol. The minimum atomic E-state index is -0.426. The third-order valence-corrected chi connectivity index (χ3v) is 2.95. The third-order valence-electron chi connectivity index (χ3n) is 2.95. The Bertz CT molecular complexity index is 351.